The Morgan fingerprint density at radius 1 is 1.62 bits per heavy atom. The summed E-state index contributed by atoms with van der Waals surface area (Å²) in [6, 6.07) is 0. The van der Waals surface area contributed by atoms with Crippen LogP contribution in [0, 0.1) is 5.92 Å². The zero-order valence-electron chi connectivity index (χ0n) is 9.31. The number of carbonyl (C=O) groups is 1. The Labute approximate surface area is 104 Å². The van der Waals surface area contributed by atoms with Crippen LogP contribution in [0.1, 0.15) is 32.0 Å². The molecular weight excluding hydrogens is 246 g/mol. The maximum absolute atomic E-state index is 11.7. The van der Waals surface area contributed by atoms with Crippen molar-refractivity contribution in [1.82, 2.24) is 9.36 Å². The topological polar surface area (TPSA) is 46.1 Å². The number of anilines is 1. The highest BCUT2D eigenvalue weighted by molar-refractivity contribution is 7.09. The standard InChI is InChI=1S/C10H14ClN3OS/c1-6(2)9-12-10(16-13-9)14-5-7(4-11)3-8(14)15/h6-7H,3-5H2,1-2H3. The Morgan fingerprint density at radius 2 is 2.38 bits per heavy atom. The van der Waals surface area contributed by atoms with Crippen LogP contribution >= 0.6 is 23.1 Å². The van der Waals surface area contributed by atoms with Crippen LogP contribution in [0.5, 0.6) is 0 Å². The summed E-state index contributed by atoms with van der Waals surface area (Å²) >= 11 is 7.06. The van der Waals surface area contributed by atoms with E-state index < -0.39 is 0 Å². The average Bonchev–Trinajstić information content (AvgIpc) is 2.83. The van der Waals surface area contributed by atoms with Gasteiger partial charge in [0.1, 0.15) is 5.82 Å². The quantitative estimate of drug-likeness (QED) is 0.783. The van der Waals surface area contributed by atoms with Crippen LogP contribution in [0.3, 0.4) is 0 Å². The molecule has 1 atom stereocenters. The molecule has 1 fully saturated rings. The molecule has 1 unspecified atom stereocenters. The number of nitrogens with zero attached hydrogens (tertiary/aromatic N) is 3. The van der Waals surface area contributed by atoms with Gasteiger partial charge in [-0.1, -0.05) is 13.8 Å². The first-order valence-corrected chi connectivity index (χ1v) is 6.62. The van der Waals surface area contributed by atoms with Gasteiger partial charge < -0.3 is 0 Å². The fraction of sp³-hybridized carbons (Fsp3) is 0.700. The zero-order valence-corrected chi connectivity index (χ0v) is 10.9. The summed E-state index contributed by atoms with van der Waals surface area (Å²) in [5.74, 6) is 1.99. The minimum atomic E-state index is 0.108. The molecule has 0 N–H and O–H groups in total. The second kappa shape index (κ2) is 4.67. The molecule has 0 bridgehead atoms. The lowest BCUT2D eigenvalue weighted by Crippen LogP contribution is -2.24. The highest BCUT2D eigenvalue weighted by Crippen LogP contribution is 2.28. The molecule has 1 aromatic rings. The molecule has 16 heavy (non-hydrogen) atoms. The SMILES string of the molecule is CC(C)c1nsc(N2CC(CCl)CC2=O)n1. The molecular formula is C10H14ClN3OS. The van der Waals surface area contributed by atoms with Crippen LogP contribution < -0.4 is 4.90 Å². The second-order valence-electron chi connectivity index (χ2n) is 4.32. The molecule has 0 aromatic carbocycles. The molecule has 88 valence electrons. The number of rotatable bonds is 3. The predicted molar refractivity (Wildman–Crippen MR) is 65.2 cm³/mol. The normalized spacial score (nSPS) is 21.1. The largest absolute Gasteiger partial charge is 0.287 e. The first kappa shape index (κ1) is 11.8. The van der Waals surface area contributed by atoms with Crippen LogP contribution in [0.25, 0.3) is 0 Å². The van der Waals surface area contributed by atoms with Crippen molar-refractivity contribution in [3.8, 4) is 0 Å². The maximum atomic E-state index is 11.7. The van der Waals surface area contributed by atoms with Crippen LogP contribution in [-0.4, -0.2) is 27.7 Å². The molecule has 6 heteroatoms. The number of hydrogen-bond donors (Lipinski definition) is 0. The lowest BCUT2D eigenvalue weighted by atomic mass is 10.2. The van der Waals surface area contributed by atoms with Crippen molar-refractivity contribution >= 4 is 34.2 Å². The van der Waals surface area contributed by atoms with Gasteiger partial charge in [0.2, 0.25) is 11.0 Å². The summed E-state index contributed by atoms with van der Waals surface area (Å²) < 4.78 is 4.25. The van der Waals surface area contributed by atoms with E-state index in [0.29, 0.717) is 29.9 Å². The number of hydrogen-bond acceptors (Lipinski definition) is 4. The Hall–Kier alpha value is -0.680. The van der Waals surface area contributed by atoms with Gasteiger partial charge in [-0.2, -0.15) is 4.37 Å². The van der Waals surface area contributed by atoms with E-state index in [1.54, 1.807) is 4.90 Å². The molecule has 0 radical (unpaired) electrons. The summed E-state index contributed by atoms with van der Waals surface area (Å²) in [5.41, 5.74) is 0. The highest BCUT2D eigenvalue weighted by atomic mass is 35.5. The van der Waals surface area contributed by atoms with Gasteiger partial charge in [0.15, 0.2) is 0 Å². The van der Waals surface area contributed by atoms with E-state index in [2.05, 4.69) is 9.36 Å². The van der Waals surface area contributed by atoms with E-state index in [1.165, 1.54) is 11.5 Å². The van der Waals surface area contributed by atoms with Crippen LogP contribution in [0.2, 0.25) is 0 Å². The van der Waals surface area contributed by atoms with Crippen molar-refractivity contribution in [2.75, 3.05) is 17.3 Å². The van der Waals surface area contributed by atoms with Crippen molar-refractivity contribution in [3.63, 3.8) is 0 Å². The third kappa shape index (κ3) is 2.20. The van der Waals surface area contributed by atoms with Gasteiger partial charge in [-0.05, 0) is 5.92 Å². The fourth-order valence-corrected chi connectivity index (χ4v) is 2.68. The molecule has 1 aliphatic rings. The molecule has 1 aromatic heterocycles. The summed E-state index contributed by atoms with van der Waals surface area (Å²) in [5, 5.41) is 0.710. The average molecular weight is 260 g/mol. The van der Waals surface area contributed by atoms with E-state index in [0.717, 1.165) is 5.82 Å². The van der Waals surface area contributed by atoms with Crippen LogP contribution in [-0.2, 0) is 4.79 Å². The maximum Gasteiger partial charge on any atom is 0.229 e. The van der Waals surface area contributed by atoms with Crippen molar-refractivity contribution in [2.24, 2.45) is 5.92 Å². The summed E-state index contributed by atoms with van der Waals surface area (Å²) in [4.78, 5) is 17.8. The third-order valence-corrected chi connectivity index (χ3v) is 3.79. The Kier molecular flexibility index (Phi) is 3.44. The number of halogens is 1. The number of carbonyl (C=O) groups excluding carboxylic acids is 1. The fourth-order valence-electron chi connectivity index (χ4n) is 1.64. The first-order valence-electron chi connectivity index (χ1n) is 5.31. The molecule has 0 saturated carbocycles. The van der Waals surface area contributed by atoms with Gasteiger partial charge in [0.25, 0.3) is 0 Å². The van der Waals surface area contributed by atoms with Gasteiger partial charge >= 0.3 is 0 Å². The monoisotopic (exact) mass is 259 g/mol. The molecule has 4 nitrogen and oxygen atoms in total. The Bertz CT molecular complexity index is 393. The van der Waals surface area contributed by atoms with Gasteiger partial charge in [-0.15, -0.1) is 11.6 Å². The van der Waals surface area contributed by atoms with Crippen molar-refractivity contribution in [3.05, 3.63) is 5.82 Å². The molecule has 1 aliphatic heterocycles. The number of amides is 1. The molecule has 1 saturated heterocycles. The van der Waals surface area contributed by atoms with Crippen LogP contribution in [0.4, 0.5) is 5.13 Å². The Balaban J connectivity index is 2.15. The van der Waals surface area contributed by atoms with Crippen molar-refractivity contribution < 1.29 is 4.79 Å². The summed E-state index contributed by atoms with van der Waals surface area (Å²) in [7, 11) is 0. The van der Waals surface area contributed by atoms with Gasteiger partial charge in [-0.25, -0.2) is 4.98 Å². The van der Waals surface area contributed by atoms with Crippen LogP contribution in [0.15, 0.2) is 0 Å². The van der Waals surface area contributed by atoms with E-state index in [1.807, 2.05) is 13.8 Å². The number of aromatic nitrogens is 2. The molecule has 2 rings (SSSR count). The van der Waals surface area contributed by atoms with E-state index in [4.69, 9.17) is 11.6 Å². The van der Waals surface area contributed by atoms with E-state index in [-0.39, 0.29) is 11.8 Å². The number of alkyl halides is 1. The van der Waals surface area contributed by atoms with E-state index >= 15 is 0 Å². The molecule has 0 spiro atoms. The van der Waals surface area contributed by atoms with Gasteiger partial charge in [0.05, 0.1) is 0 Å². The Morgan fingerprint density at radius 3 is 2.88 bits per heavy atom. The lowest BCUT2D eigenvalue weighted by molar-refractivity contribution is -0.117. The summed E-state index contributed by atoms with van der Waals surface area (Å²) in [6.07, 6.45) is 0.528. The van der Waals surface area contributed by atoms with E-state index in [9.17, 15) is 4.79 Å². The minimum Gasteiger partial charge on any atom is -0.287 e. The lowest BCUT2D eigenvalue weighted by Gasteiger charge is -2.11. The zero-order chi connectivity index (χ0) is 11.7. The van der Waals surface area contributed by atoms with Crippen molar-refractivity contribution in [1.29, 1.82) is 0 Å². The van der Waals surface area contributed by atoms with Crippen molar-refractivity contribution in [2.45, 2.75) is 26.2 Å². The minimum absolute atomic E-state index is 0.108. The smallest absolute Gasteiger partial charge is 0.229 e. The third-order valence-electron chi connectivity index (χ3n) is 2.60. The molecule has 2 heterocycles. The molecule has 0 aliphatic carbocycles. The van der Waals surface area contributed by atoms with Gasteiger partial charge in [-0.3, -0.25) is 9.69 Å². The first-order chi connectivity index (χ1) is 7.61. The highest BCUT2D eigenvalue weighted by Gasteiger charge is 2.32. The second-order valence-corrected chi connectivity index (χ2v) is 5.36. The predicted octanol–water partition coefficient (Wildman–Crippen LogP) is 2.25. The van der Waals surface area contributed by atoms with Gasteiger partial charge in [0, 0.05) is 36.3 Å². The summed E-state index contributed by atoms with van der Waals surface area (Å²) in [6.45, 7) is 4.76. The molecule has 1 amide bonds.